The fourth-order valence-corrected chi connectivity index (χ4v) is 4.44. The quantitative estimate of drug-likeness (QED) is 0.858. The van der Waals surface area contributed by atoms with Gasteiger partial charge in [0.2, 0.25) is 11.6 Å². The maximum Gasteiger partial charge on any atom is 0.219 e. The molecule has 0 aliphatic carbocycles. The Kier molecular flexibility index (Phi) is 4.30. The molecule has 0 bridgehead atoms. The smallest absolute Gasteiger partial charge is 0.219 e. The summed E-state index contributed by atoms with van der Waals surface area (Å²) in [4.78, 5) is 16.0. The highest BCUT2D eigenvalue weighted by atomic mass is 16.3. The summed E-state index contributed by atoms with van der Waals surface area (Å²) in [6.07, 6.45) is 4.77. The molecule has 2 fully saturated rings. The number of hydrogen-bond acceptors (Lipinski definition) is 6. The Morgan fingerprint density at radius 3 is 2.85 bits per heavy atom. The number of carbonyl (C=O) groups is 1. The molecular formula is C18H26N6O2. The highest BCUT2D eigenvalue weighted by Gasteiger charge is 2.42. The van der Waals surface area contributed by atoms with Crippen LogP contribution in [0.5, 0.6) is 0 Å². The number of likely N-dealkylation sites (tertiary alicyclic amines) is 1. The first-order valence-corrected chi connectivity index (χ1v) is 9.38. The largest absolute Gasteiger partial charge is 0.391 e. The lowest BCUT2D eigenvalue weighted by atomic mass is 9.71. The minimum Gasteiger partial charge on any atom is -0.391 e. The predicted molar refractivity (Wildman–Crippen MR) is 96.9 cm³/mol. The molecule has 0 saturated carbocycles. The van der Waals surface area contributed by atoms with Crippen LogP contribution in [0.1, 0.15) is 38.8 Å². The number of aryl methyl sites for hydroxylation is 1. The standard InChI is InChI=1S/C18H26N6O2/c1-3-14-8-16(17-20-19-12-24(17)21-14)22-6-4-18(5-7-22)9-15(26)10-23(11-18)13(2)25/h8,12,15,26H,3-7,9-11H2,1-2H3. The van der Waals surface area contributed by atoms with Crippen molar-refractivity contribution < 1.29 is 9.90 Å². The zero-order valence-corrected chi connectivity index (χ0v) is 15.4. The maximum absolute atomic E-state index is 11.8. The molecule has 8 nitrogen and oxygen atoms in total. The molecule has 1 atom stereocenters. The summed E-state index contributed by atoms with van der Waals surface area (Å²) in [5, 5.41) is 23.0. The van der Waals surface area contributed by atoms with Crippen LogP contribution in [0, 0.1) is 5.41 Å². The molecule has 2 aromatic rings. The van der Waals surface area contributed by atoms with Crippen LogP contribution in [0.4, 0.5) is 5.69 Å². The summed E-state index contributed by atoms with van der Waals surface area (Å²) in [5.74, 6) is 0.0532. The molecule has 1 spiro atoms. The Bertz CT molecular complexity index is 811. The van der Waals surface area contributed by atoms with Gasteiger partial charge in [-0.15, -0.1) is 10.2 Å². The van der Waals surface area contributed by atoms with Crippen molar-refractivity contribution >= 4 is 17.2 Å². The van der Waals surface area contributed by atoms with Crippen LogP contribution in [0.3, 0.4) is 0 Å². The molecule has 8 heteroatoms. The van der Waals surface area contributed by atoms with E-state index >= 15 is 0 Å². The zero-order chi connectivity index (χ0) is 18.3. The summed E-state index contributed by atoms with van der Waals surface area (Å²) in [7, 11) is 0. The van der Waals surface area contributed by atoms with E-state index in [4.69, 9.17) is 0 Å². The van der Waals surface area contributed by atoms with Crippen molar-refractivity contribution in [1.29, 1.82) is 0 Å². The first-order chi connectivity index (χ1) is 12.5. The number of rotatable bonds is 2. The van der Waals surface area contributed by atoms with E-state index in [9.17, 15) is 9.90 Å². The van der Waals surface area contributed by atoms with Crippen molar-refractivity contribution in [2.24, 2.45) is 5.41 Å². The van der Waals surface area contributed by atoms with E-state index in [1.165, 1.54) is 0 Å². The Morgan fingerprint density at radius 2 is 2.15 bits per heavy atom. The van der Waals surface area contributed by atoms with Gasteiger partial charge in [-0.05, 0) is 37.2 Å². The van der Waals surface area contributed by atoms with Gasteiger partial charge in [0.25, 0.3) is 0 Å². The van der Waals surface area contributed by atoms with E-state index in [2.05, 4.69) is 33.2 Å². The molecule has 0 aromatic carbocycles. The number of amides is 1. The molecule has 4 rings (SSSR count). The van der Waals surface area contributed by atoms with Crippen LogP contribution in [0.2, 0.25) is 0 Å². The van der Waals surface area contributed by atoms with Crippen LogP contribution in [0.15, 0.2) is 12.4 Å². The van der Waals surface area contributed by atoms with Gasteiger partial charge in [-0.2, -0.15) is 9.61 Å². The lowest BCUT2D eigenvalue weighted by molar-refractivity contribution is -0.137. The molecule has 2 saturated heterocycles. The molecule has 140 valence electrons. The second-order valence-electron chi connectivity index (χ2n) is 7.72. The number of aromatic nitrogens is 4. The fourth-order valence-electron chi connectivity index (χ4n) is 4.44. The Hall–Kier alpha value is -2.22. The number of hydrogen-bond donors (Lipinski definition) is 1. The van der Waals surface area contributed by atoms with Crippen molar-refractivity contribution in [3.8, 4) is 0 Å². The SMILES string of the molecule is CCc1cc(N2CCC3(CC2)CC(O)CN(C(C)=O)C3)c2nncn2n1. The molecule has 26 heavy (non-hydrogen) atoms. The number of aliphatic hydroxyl groups is 1. The molecule has 2 aliphatic heterocycles. The van der Waals surface area contributed by atoms with Gasteiger partial charge in [-0.1, -0.05) is 6.92 Å². The average Bonchev–Trinajstić information content (AvgIpc) is 3.09. The number of nitrogens with zero attached hydrogens (tertiary/aromatic N) is 6. The van der Waals surface area contributed by atoms with Gasteiger partial charge in [0, 0.05) is 33.1 Å². The number of anilines is 1. The summed E-state index contributed by atoms with van der Waals surface area (Å²) in [6, 6.07) is 2.11. The molecular weight excluding hydrogens is 332 g/mol. The highest BCUT2D eigenvalue weighted by Crippen LogP contribution is 2.41. The van der Waals surface area contributed by atoms with E-state index in [-0.39, 0.29) is 11.3 Å². The third-order valence-electron chi connectivity index (χ3n) is 5.90. The van der Waals surface area contributed by atoms with Crippen molar-refractivity contribution in [1.82, 2.24) is 24.7 Å². The van der Waals surface area contributed by atoms with Crippen molar-refractivity contribution in [2.45, 2.75) is 45.6 Å². The molecule has 2 aliphatic rings. The van der Waals surface area contributed by atoms with Crippen molar-refractivity contribution in [3.05, 3.63) is 18.1 Å². The Morgan fingerprint density at radius 1 is 1.38 bits per heavy atom. The monoisotopic (exact) mass is 358 g/mol. The van der Waals surface area contributed by atoms with Gasteiger partial charge in [-0.3, -0.25) is 4.79 Å². The van der Waals surface area contributed by atoms with E-state index < -0.39 is 6.10 Å². The molecule has 4 heterocycles. The second kappa shape index (κ2) is 6.50. The first-order valence-electron chi connectivity index (χ1n) is 9.38. The summed E-state index contributed by atoms with van der Waals surface area (Å²) >= 11 is 0. The van der Waals surface area contributed by atoms with E-state index in [1.54, 1.807) is 17.8 Å². The first kappa shape index (κ1) is 17.2. The normalized spacial score (nSPS) is 23.0. The van der Waals surface area contributed by atoms with E-state index in [0.717, 1.165) is 62.3 Å². The van der Waals surface area contributed by atoms with Crippen LogP contribution in [0.25, 0.3) is 5.65 Å². The number of β-amino-alcohol motifs (C(OH)–C–C–N with tert-alkyl or cyclic N) is 1. The molecule has 1 N–H and O–H groups in total. The predicted octanol–water partition coefficient (Wildman–Crippen LogP) is 0.886. The van der Waals surface area contributed by atoms with Gasteiger partial charge in [0.05, 0.1) is 17.5 Å². The molecule has 1 unspecified atom stereocenters. The topological polar surface area (TPSA) is 86.9 Å². The van der Waals surface area contributed by atoms with Crippen LogP contribution in [-0.2, 0) is 11.2 Å². The van der Waals surface area contributed by atoms with Crippen molar-refractivity contribution in [2.75, 3.05) is 31.1 Å². The van der Waals surface area contributed by atoms with Crippen LogP contribution < -0.4 is 4.90 Å². The maximum atomic E-state index is 11.8. The molecule has 1 amide bonds. The van der Waals surface area contributed by atoms with Crippen LogP contribution >= 0.6 is 0 Å². The lowest BCUT2D eigenvalue weighted by Gasteiger charge is -2.49. The minimum absolute atomic E-state index is 0.0183. The van der Waals surface area contributed by atoms with Gasteiger partial charge < -0.3 is 14.9 Å². The van der Waals surface area contributed by atoms with Gasteiger partial charge in [-0.25, -0.2) is 0 Å². The number of fused-ring (bicyclic) bond motifs is 1. The average molecular weight is 358 g/mol. The van der Waals surface area contributed by atoms with E-state index in [0.29, 0.717) is 6.54 Å². The lowest BCUT2D eigenvalue weighted by Crippen LogP contribution is -2.55. The van der Waals surface area contributed by atoms with Gasteiger partial charge in [0.15, 0.2) is 0 Å². The Labute approximate surface area is 152 Å². The van der Waals surface area contributed by atoms with Crippen LogP contribution in [-0.4, -0.2) is 68.0 Å². The van der Waals surface area contributed by atoms with Gasteiger partial charge in [0.1, 0.15) is 6.33 Å². The highest BCUT2D eigenvalue weighted by molar-refractivity contribution is 5.73. The summed E-state index contributed by atoms with van der Waals surface area (Å²) < 4.78 is 1.75. The number of piperidine rings is 2. The third kappa shape index (κ3) is 3.02. The fraction of sp³-hybridized carbons (Fsp3) is 0.667. The second-order valence-corrected chi connectivity index (χ2v) is 7.72. The van der Waals surface area contributed by atoms with Crippen molar-refractivity contribution in [3.63, 3.8) is 0 Å². The Balaban J connectivity index is 1.55. The number of carbonyl (C=O) groups excluding carboxylic acids is 1. The molecule has 2 aromatic heterocycles. The summed E-state index contributed by atoms with van der Waals surface area (Å²) in [5.41, 5.74) is 2.89. The zero-order valence-electron chi connectivity index (χ0n) is 15.4. The summed E-state index contributed by atoms with van der Waals surface area (Å²) in [6.45, 7) is 6.66. The third-order valence-corrected chi connectivity index (χ3v) is 5.90. The van der Waals surface area contributed by atoms with Gasteiger partial charge >= 0.3 is 0 Å². The minimum atomic E-state index is -0.421. The van der Waals surface area contributed by atoms with E-state index in [1.807, 2.05) is 4.90 Å². The number of aliphatic hydroxyl groups excluding tert-OH is 1. The molecule has 0 radical (unpaired) electrons.